The maximum absolute atomic E-state index is 13.8. The third-order valence-corrected chi connectivity index (χ3v) is 3.85. The van der Waals surface area contributed by atoms with E-state index < -0.39 is 5.83 Å². The number of hydrazine groups is 1. The van der Waals surface area contributed by atoms with Crippen molar-refractivity contribution in [2.45, 2.75) is 18.9 Å². The predicted octanol–water partition coefficient (Wildman–Crippen LogP) is 0.252. The van der Waals surface area contributed by atoms with Crippen molar-refractivity contribution in [2.75, 3.05) is 18.7 Å². The minimum absolute atomic E-state index is 0.0740. The van der Waals surface area contributed by atoms with E-state index in [1.54, 1.807) is 11.8 Å². The van der Waals surface area contributed by atoms with Gasteiger partial charge in [-0.2, -0.15) is 17.7 Å². The topological polar surface area (TPSA) is 126 Å². The highest BCUT2D eigenvalue weighted by Gasteiger charge is 2.22. The van der Waals surface area contributed by atoms with Crippen molar-refractivity contribution >= 4 is 18.0 Å². The lowest BCUT2D eigenvalue weighted by Gasteiger charge is -2.27. The number of halogens is 1. The molecule has 1 unspecified atom stereocenters. The van der Waals surface area contributed by atoms with E-state index in [1.807, 2.05) is 6.26 Å². The number of aldehydes is 1. The van der Waals surface area contributed by atoms with Crippen molar-refractivity contribution < 1.29 is 19.2 Å². The predicted molar refractivity (Wildman–Crippen MR) is 86.0 cm³/mol. The largest absolute Gasteiger partial charge is 0.413 e. The molecule has 0 saturated heterocycles. The molecule has 0 saturated carbocycles. The Balaban J connectivity index is 2.68. The summed E-state index contributed by atoms with van der Waals surface area (Å²) in [6, 6.07) is -0.289. The maximum atomic E-state index is 13.8. The molecule has 23 heavy (non-hydrogen) atoms. The average Bonchev–Trinajstić information content (AvgIpc) is 2.55. The monoisotopic (exact) mass is 347 g/mol. The second-order valence-electron chi connectivity index (χ2n) is 4.72. The number of thioether (sulfide) groups is 1. The molecule has 0 aromatic rings. The quantitative estimate of drug-likeness (QED) is 0.164. The van der Waals surface area contributed by atoms with Gasteiger partial charge in [-0.25, -0.2) is 9.82 Å². The molecular weight excluding hydrogens is 325 g/mol. The third-order valence-electron chi connectivity index (χ3n) is 3.19. The molecule has 0 aromatic carbocycles. The molecule has 7 N–H and O–H groups in total. The van der Waals surface area contributed by atoms with Crippen molar-refractivity contribution in [2.24, 2.45) is 11.6 Å². The van der Waals surface area contributed by atoms with Crippen LogP contribution in [-0.4, -0.2) is 41.4 Å². The van der Waals surface area contributed by atoms with Crippen LogP contribution in [0.3, 0.4) is 0 Å². The average molecular weight is 347 g/mol. The first-order valence-electron chi connectivity index (χ1n) is 6.84. The molecule has 130 valence electrons. The van der Waals surface area contributed by atoms with Crippen LogP contribution in [0.15, 0.2) is 35.1 Å². The maximum Gasteiger partial charge on any atom is 0.167 e. The zero-order chi connectivity index (χ0) is 17.2. The summed E-state index contributed by atoms with van der Waals surface area (Å²) in [5.41, 5.74) is 8.98. The molecule has 0 heterocycles. The molecule has 0 aliphatic heterocycles. The number of hydrogen-bond donors (Lipinski definition) is 5. The molecule has 0 radical (unpaired) electrons. The van der Waals surface area contributed by atoms with E-state index >= 15 is 0 Å². The van der Waals surface area contributed by atoms with Crippen molar-refractivity contribution in [1.29, 1.82) is 0 Å². The van der Waals surface area contributed by atoms with E-state index in [2.05, 4.69) is 15.6 Å². The summed E-state index contributed by atoms with van der Waals surface area (Å²) in [4.78, 5) is 15.1. The summed E-state index contributed by atoms with van der Waals surface area (Å²) >= 11 is 1.54. The van der Waals surface area contributed by atoms with Gasteiger partial charge < -0.3 is 15.9 Å². The van der Waals surface area contributed by atoms with E-state index in [0.29, 0.717) is 24.9 Å². The Morgan fingerprint density at radius 2 is 2.39 bits per heavy atom. The van der Waals surface area contributed by atoms with Gasteiger partial charge in [0.25, 0.3) is 0 Å². The fourth-order valence-corrected chi connectivity index (χ4v) is 2.63. The number of nitrogens with one attached hydrogen (secondary N) is 2. The van der Waals surface area contributed by atoms with Crippen LogP contribution in [-0.2, 0) is 9.63 Å². The molecule has 8 nitrogen and oxygen atoms in total. The Hall–Kier alpha value is -1.59. The first-order valence-corrected chi connectivity index (χ1v) is 8.23. The van der Waals surface area contributed by atoms with Gasteiger partial charge in [0, 0.05) is 18.4 Å². The van der Waals surface area contributed by atoms with E-state index in [1.165, 1.54) is 6.08 Å². The van der Waals surface area contributed by atoms with Gasteiger partial charge in [-0.1, -0.05) is 0 Å². The standard InChI is InChI=1S/C13H22FN5O3S/c1-23-7-12(9-2-3-13(22-16)11(14)4-9)18-19(21)8-17-10(5-15)6-20/h4-6,12,17-18,21H,2-3,7-8,15-16H2,1H3/b10-5-. The molecule has 0 aromatic heterocycles. The summed E-state index contributed by atoms with van der Waals surface area (Å²) in [5.74, 6) is 5.21. The van der Waals surface area contributed by atoms with Gasteiger partial charge in [0.2, 0.25) is 0 Å². The molecule has 0 bridgehead atoms. The van der Waals surface area contributed by atoms with Crippen molar-refractivity contribution in [1.82, 2.24) is 15.9 Å². The van der Waals surface area contributed by atoms with Gasteiger partial charge in [-0.15, -0.1) is 5.17 Å². The van der Waals surface area contributed by atoms with E-state index in [9.17, 15) is 14.4 Å². The van der Waals surface area contributed by atoms with Gasteiger partial charge in [-0.3, -0.25) is 10.0 Å². The van der Waals surface area contributed by atoms with Gasteiger partial charge in [0.15, 0.2) is 17.9 Å². The number of nitrogens with zero attached hydrogens (tertiary/aromatic N) is 1. The Kier molecular flexibility index (Phi) is 8.66. The van der Waals surface area contributed by atoms with Crippen molar-refractivity contribution in [3.8, 4) is 0 Å². The van der Waals surface area contributed by atoms with Crippen LogP contribution in [0.4, 0.5) is 4.39 Å². The molecule has 1 atom stereocenters. The fraction of sp³-hybridized carbons (Fsp3) is 0.462. The fourth-order valence-electron chi connectivity index (χ4n) is 2.01. The minimum atomic E-state index is -0.515. The Morgan fingerprint density at radius 3 is 2.91 bits per heavy atom. The molecule has 0 amide bonds. The van der Waals surface area contributed by atoms with E-state index in [0.717, 1.165) is 16.9 Å². The summed E-state index contributed by atoms with van der Waals surface area (Å²) in [5, 5.41) is 13.3. The van der Waals surface area contributed by atoms with Gasteiger partial charge in [0.1, 0.15) is 6.67 Å². The Labute approximate surface area is 138 Å². The van der Waals surface area contributed by atoms with Crippen LogP contribution in [0.2, 0.25) is 0 Å². The van der Waals surface area contributed by atoms with Crippen LogP contribution in [0.5, 0.6) is 0 Å². The molecule has 1 rings (SSSR count). The number of nitrogens with two attached hydrogens (primary N) is 2. The molecule has 0 spiro atoms. The third kappa shape index (κ3) is 6.20. The Morgan fingerprint density at radius 1 is 1.65 bits per heavy atom. The number of allylic oxidation sites excluding steroid dienone is 4. The van der Waals surface area contributed by atoms with Crippen LogP contribution in [0, 0.1) is 0 Å². The smallest absolute Gasteiger partial charge is 0.167 e. The first kappa shape index (κ1) is 19.5. The van der Waals surface area contributed by atoms with Gasteiger partial charge in [0.05, 0.1) is 11.7 Å². The highest BCUT2D eigenvalue weighted by Crippen LogP contribution is 2.27. The molecule has 1 aliphatic rings. The summed E-state index contributed by atoms with van der Waals surface area (Å²) in [7, 11) is 0. The molecule has 10 heteroatoms. The first-order chi connectivity index (χ1) is 11.0. The summed E-state index contributed by atoms with van der Waals surface area (Å²) in [6.45, 7) is -0.0740. The van der Waals surface area contributed by atoms with Gasteiger partial charge in [-0.05, 0) is 24.3 Å². The lowest BCUT2D eigenvalue weighted by Crippen LogP contribution is -2.48. The van der Waals surface area contributed by atoms with E-state index in [4.69, 9.17) is 11.6 Å². The normalized spacial score (nSPS) is 17.1. The van der Waals surface area contributed by atoms with Crippen molar-refractivity contribution in [3.63, 3.8) is 0 Å². The molecule has 1 aliphatic carbocycles. The molecule has 0 fully saturated rings. The van der Waals surface area contributed by atoms with Crippen molar-refractivity contribution in [3.05, 3.63) is 35.1 Å². The lowest BCUT2D eigenvalue weighted by atomic mass is 9.97. The van der Waals surface area contributed by atoms with E-state index in [-0.39, 0.29) is 24.2 Å². The number of carbonyl (C=O) groups excluding carboxylic acids is 1. The minimum Gasteiger partial charge on any atom is -0.413 e. The number of hydrogen-bond acceptors (Lipinski definition) is 9. The van der Waals surface area contributed by atoms with Crippen LogP contribution >= 0.6 is 11.8 Å². The second kappa shape index (κ2) is 10.2. The second-order valence-corrected chi connectivity index (χ2v) is 5.63. The number of rotatable bonds is 10. The zero-order valence-corrected chi connectivity index (χ0v) is 13.6. The number of hydroxylamine groups is 1. The van der Waals surface area contributed by atoms with Crippen LogP contribution in [0.1, 0.15) is 12.8 Å². The number of carbonyl (C=O) groups is 1. The summed E-state index contributed by atoms with van der Waals surface area (Å²) in [6.07, 6.45) is 5.80. The van der Waals surface area contributed by atoms with Crippen LogP contribution in [0.25, 0.3) is 0 Å². The SMILES string of the molecule is CSCC(NN(O)CN/C(C=O)=C\N)C1=CC(F)=C(ON)CC1. The van der Waals surface area contributed by atoms with Crippen LogP contribution < -0.4 is 22.4 Å². The molecular formula is C13H22FN5O3S. The summed E-state index contributed by atoms with van der Waals surface area (Å²) < 4.78 is 13.8. The lowest BCUT2D eigenvalue weighted by molar-refractivity contribution is -0.145. The highest BCUT2D eigenvalue weighted by molar-refractivity contribution is 7.98. The highest BCUT2D eigenvalue weighted by atomic mass is 32.2. The van der Waals surface area contributed by atoms with Gasteiger partial charge >= 0.3 is 0 Å². The Bertz CT molecular complexity index is 498. The zero-order valence-electron chi connectivity index (χ0n) is 12.8.